The van der Waals surface area contributed by atoms with Crippen LogP contribution in [0.5, 0.6) is 0 Å². The lowest BCUT2D eigenvalue weighted by Gasteiger charge is -2.19. The second kappa shape index (κ2) is 17.6. The number of hydrogen-bond acceptors (Lipinski definition) is 6. The fourth-order valence-electron chi connectivity index (χ4n) is 3.20. The molecule has 3 atom stereocenters. The molecule has 0 aromatic carbocycles. The third-order valence-electron chi connectivity index (χ3n) is 5.40. The number of ether oxygens (including phenoxy) is 2. The van der Waals surface area contributed by atoms with Crippen molar-refractivity contribution in [3.8, 4) is 0 Å². The van der Waals surface area contributed by atoms with Crippen molar-refractivity contribution in [2.75, 3.05) is 13.2 Å². The molecule has 0 amide bonds. The molecule has 0 fully saturated rings. The zero-order valence-corrected chi connectivity index (χ0v) is 20.6. The van der Waals surface area contributed by atoms with Gasteiger partial charge in [0.15, 0.2) is 0 Å². The molecule has 31 heavy (non-hydrogen) atoms. The Morgan fingerprint density at radius 3 is 1.71 bits per heavy atom. The minimum Gasteiger partial charge on any atom is -0.465 e. The molecule has 2 N–H and O–H groups in total. The minimum atomic E-state index is -4.81. The van der Waals surface area contributed by atoms with Gasteiger partial charge in [-0.1, -0.05) is 66.2 Å². The highest BCUT2D eigenvalue weighted by Crippen LogP contribution is 2.39. The zero-order chi connectivity index (χ0) is 23.7. The highest BCUT2D eigenvalue weighted by molar-refractivity contribution is 7.46. The van der Waals surface area contributed by atoms with Crippen LogP contribution in [0.3, 0.4) is 0 Å². The van der Waals surface area contributed by atoms with Crippen molar-refractivity contribution in [3.63, 3.8) is 0 Å². The molecule has 0 aromatic rings. The lowest BCUT2D eigenvalue weighted by atomic mass is 10.0. The second-order valence-corrected chi connectivity index (χ2v) is 9.35. The molecule has 8 nitrogen and oxygen atoms in total. The first-order chi connectivity index (χ1) is 14.6. The fraction of sp³-hybridized carbons (Fsp3) is 0.909. The predicted molar refractivity (Wildman–Crippen MR) is 119 cm³/mol. The van der Waals surface area contributed by atoms with Crippen LogP contribution in [0.15, 0.2) is 0 Å². The van der Waals surface area contributed by atoms with E-state index in [1.54, 1.807) is 0 Å². The van der Waals surface area contributed by atoms with Crippen molar-refractivity contribution in [2.24, 2.45) is 11.8 Å². The molecule has 0 bridgehead atoms. The van der Waals surface area contributed by atoms with Crippen molar-refractivity contribution in [1.29, 1.82) is 0 Å². The lowest BCUT2D eigenvalue weighted by molar-refractivity contribution is -0.149. The summed E-state index contributed by atoms with van der Waals surface area (Å²) in [5.74, 6) is -0.486. The average Bonchev–Trinajstić information content (AvgIpc) is 2.71. The zero-order valence-electron chi connectivity index (χ0n) is 19.7. The number of rotatable bonds is 19. The Morgan fingerprint density at radius 2 is 1.29 bits per heavy atom. The largest absolute Gasteiger partial charge is 0.469 e. The summed E-state index contributed by atoms with van der Waals surface area (Å²) >= 11 is 0. The summed E-state index contributed by atoms with van der Waals surface area (Å²) in [6, 6.07) is 0. The summed E-state index contributed by atoms with van der Waals surface area (Å²) in [5.41, 5.74) is 0. The number of carbonyl (C=O) groups is 2. The summed E-state index contributed by atoms with van der Waals surface area (Å²) in [6.45, 7) is 8.90. The van der Waals surface area contributed by atoms with E-state index in [0.29, 0.717) is 12.5 Å². The molecule has 0 spiro atoms. The quantitative estimate of drug-likeness (QED) is 0.198. The van der Waals surface area contributed by atoms with E-state index >= 15 is 0 Å². The number of phosphoric acid groups is 1. The van der Waals surface area contributed by atoms with Crippen LogP contribution in [-0.2, 0) is 28.2 Å². The van der Waals surface area contributed by atoms with Crippen LogP contribution >= 0.6 is 7.82 Å². The van der Waals surface area contributed by atoms with Gasteiger partial charge in [0.05, 0.1) is 25.7 Å². The summed E-state index contributed by atoms with van der Waals surface area (Å²) < 4.78 is 26.6. The van der Waals surface area contributed by atoms with Gasteiger partial charge in [0.1, 0.15) is 0 Å². The molecule has 184 valence electrons. The maximum atomic E-state index is 12.2. The van der Waals surface area contributed by atoms with E-state index in [2.05, 4.69) is 20.8 Å². The summed E-state index contributed by atoms with van der Waals surface area (Å²) in [4.78, 5) is 42.5. The molecule has 3 unspecified atom stereocenters. The second-order valence-electron chi connectivity index (χ2n) is 8.16. The van der Waals surface area contributed by atoms with Crippen molar-refractivity contribution >= 4 is 19.8 Å². The van der Waals surface area contributed by atoms with Crippen molar-refractivity contribution < 1.29 is 37.9 Å². The van der Waals surface area contributed by atoms with E-state index in [4.69, 9.17) is 23.8 Å². The van der Waals surface area contributed by atoms with E-state index in [9.17, 15) is 14.2 Å². The third-order valence-corrected chi connectivity index (χ3v) is 5.97. The molecule has 9 heteroatoms. The Morgan fingerprint density at radius 1 is 0.806 bits per heavy atom. The van der Waals surface area contributed by atoms with Gasteiger partial charge in [-0.3, -0.25) is 14.1 Å². The number of hydrogen-bond donors (Lipinski definition) is 2. The number of unbranched alkanes of at least 4 members (excludes halogenated alkanes) is 2. The highest BCUT2D eigenvalue weighted by atomic mass is 31.2. The fourth-order valence-corrected chi connectivity index (χ4v) is 3.77. The number of carbonyl (C=O) groups excluding carboxylic acids is 2. The molecule has 0 aliphatic rings. The van der Waals surface area contributed by atoms with E-state index in [1.807, 2.05) is 6.92 Å². The first-order valence-electron chi connectivity index (χ1n) is 11.7. The molecule has 0 heterocycles. The molecule has 0 saturated heterocycles. The van der Waals surface area contributed by atoms with E-state index in [-0.39, 0.29) is 31.8 Å². The van der Waals surface area contributed by atoms with Crippen LogP contribution in [-0.4, -0.2) is 41.0 Å². The monoisotopic (exact) mass is 466 g/mol. The highest BCUT2D eigenvalue weighted by Gasteiger charge is 2.26. The first-order valence-corrected chi connectivity index (χ1v) is 13.2. The van der Waals surface area contributed by atoms with Gasteiger partial charge in [-0.05, 0) is 31.1 Å². The van der Waals surface area contributed by atoms with Crippen LogP contribution in [0.1, 0.15) is 98.3 Å². The minimum absolute atomic E-state index is 0.0299. The Labute approximate surface area is 187 Å². The Balaban J connectivity index is 4.56. The van der Waals surface area contributed by atoms with Crippen LogP contribution in [0.2, 0.25) is 0 Å². The van der Waals surface area contributed by atoms with Crippen LogP contribution in [0.4, 0.5) is 0 Å². The topological polar surface area (TPSA) is 119 Å². The summed E-state index contributed by atoms with van der Waals surface area (Å²) in [5, 5.41) is 0. The standard InChI is InChI=1S/C22H43O8P/c1-5-9-11-18(7-3)16-28-21(23)14-13-20(30-31(25,26)27)15-22(24)29-17-19(8-4)12-10-6-2/h18-20H,5-17H2,1-4H3,(H2,25,26,27). The van der Waals surface area contributed by atoms with Crippen molar-refractivity contribution in [1.82, 2.24) is 0 Å². The van der Waals surface area contributed by atoms with Gasteiger partial charge in [0.2, 0.25) is 0 Å². The van der Waals surface area contributed by atoms with Crippen molar-refractivity contribution in [3.05, 3.63) is 0 Å². The normalized spacial score (nSPS) is 14.6. The number of esters is 2. The third kappa shape index (κ3) is 17.3. The average molecular weight is 467 g/mol. The molecule has 0 aliphatic heterocycles. The van der Waals surface area contributed by atoms with Gasteiger partial charge in [0.25, 0.3) is 0 Å². The summed E-state index contributed by atoms with van der Waals surface area (Å²) in [7, 11) is -4.81. The van der Waals surface area contributed by atoms with Crippen LogP contribution < -0.4 is 0 Å². The predicted octanol–water partition coefficient (Wildman–Crippen LogP) is 5.15. The van der Waals surface area contributed by atoms with Gasteiger partial charge in [-0.2, -0.15) is 0 Å². The van der Waals surface area contributed by atoms with Crippen LogP contribution in [0, 0.1) is 11.8 Å². The van der Waals surface area contributed by atoms with Gasteiger partial charge in [-0.25, -0.2) is 4.57 Å². The van der Waals surface area contributed by atoms with Crippen molar-refractivity contribution in [2.45, 2.75) is 104 Å². The first kappa shape index (κ1) is 30.0. The molecule has 0 aromatic heterocycles. The Hall–Kier alpha value is -0.950. The van der Waals surface area contributed by atoms with E-state index in [0.717, 1.165) is 51.4 Å². The summed E-state index contributed by atoms with van der Waals surface area (Å²) in [6.07, 6.45) is 6.49. The van der Waals surface area contributed by atoms with Gasteiger partial charge < -0.3 is 19.3 Å². The van der Waals surface area contributed by atoms with Gasteiger partial charge in [0, 0.05) is 6.42 Å². The molecule has 0 radical (unpaired) electrons. The van der Waals surface area contributed by atoms with E-state index < -0.39 is 25.9 Å². The number of phosphoric ester groups is 1. The van der Waals surface area contributed by atoms with Gasteiger partial charge in [-0.15, -0.1) is 0 Å². The molecule has 0 aliphatic carbocycles. The lowest BCUT2D eigenvalue weighted by Crippen LogP contribution is -2.22. The maximum Gasteiger partial charge on any atom is 0.469 e. The molecular formula is C22H43O8P. The smallest absolute Gasteiger partial charge is 0.465 e. The molecule has 0 rings (SSSR count). The van der Waals surface area contributed by atoms with Crippen LogP contribution in [0.25, 0.3) is 0 Å². The van der Waals surface area contributed by atoms with Gasteiger partial charge >= 0.3 is 19.8 Å². The molecular weight excluding hydrogens is 423 g/mol. The SMILES string of the molecule is CCCCC(CC)COC(=O)CCC(CC(=O)OCC(CC)CCCC)OP(=O)(O)O. The Kier molecular flexibility index (Phi) is 17.0. The van der Waals surface area contributed by atoms with E-state index in [1.165, 1.54) is 0 Å². The Bertz CT molecular complexity index is 534. The molecule has 0 saturated carbocycles. The maximum absolute atomic E-state index is 12.2.